The molecule has 0 bridgehead atoms. The van der Waals surface area contributed by atoms with Crippen LogP contribution >= 0.6 is 0 Å². The molecule has 0 radical (unpaired) electrons. The predicted molar refractivity (Wildman–Crippen MR) is 60.7 cm³/mol. The number of carbonyl (C=O) groups excluding carboxylic acids is 1. The summed E-state index contributed by atoms with van der Waals surface area (Å²) in [6, 6.07) is 2.13. The maximum atomic E-state index is 11.6. The lowest BCUT2D eigenvalue weighted by Crippen LogP contribution is -2.41. The highest BCUT2D eigenvalue weighted by Gasteiger charge is 2.54. The zero-order valence-electron chi connectivity index (χ0n) is 10.5. The first-order valence-electron chi connectivity index (χ1n) is 5.71. The average molecular weight is 224 g/mol. The third kappa shape index (κ3) is 3.13. The Bertz CT molecular complexity index is 314. The van der Waals surface area contributed by atoms with Crippen molar-refractivity contribution in [2.45, 2.75) is 58.1 Å². The number of nitrogens with zero attached hydrogens (tertiary/aromatic N) is 1. The standard InChI is InChI=1S/C12H20N2O2/c1-5-9-8-12(9,6-7-13)14-10(15)16-11(2,3)4/h9H,5-6,8H2,1-4H3,(H,14,15). The van der Waals surface area contributed by atoms with E-state index in [4.69, 9.17) is 10.00 Å². The quantitative estimate of drug-likeness (QED) is 0.801. The second kappa shape index (κ2) is 4.32. The van der Waals surface area contributed by atoms with Crippen molar-refractivity contribution in [3.8, 4) is 6.07 Å². The smallest absolute Gasteiger partial charge is 0.408 e. The van der Waals surface area contributed by atoms with Gasteiger partial charge in [-0.1, -0.05) is 13.3 Å². The van der Waals surface area contributed by atoms with Crippen LogP contribution in [0.4, 0.5) is 4.79 Å². The van der Waals surface area contributed by atoms with Crippen LogP contribution in [0.5, 0.6) is 0 Å². The molecule has 1 fully saturated rings. The summed E-state index contributed by atoms with van der Waals surface area (Å²) in [6.07, 6.45) is 1.82. The minimum absolute atomic E-state index is 0.328. The summed E-state index contributed by atoms with van der Waals surface area (Å²) in [5.41, 5.74) is -0.819. The first-order chi connectivity index (χ1) is 7.33. The molecular weight excluding hydrogens is 204 g/mol. The average Bonchev–Trinajstić information content (AvgIpc) is 2.75. The molecule has 0 aromatic carbocycles. The normalized spacial score (nSPS) is 28.1. The third-order valence-corrected chi connectivity index (χ3v) is 2.87. The van der Waals surface area contributed by atoms with Crippen LogP contribution in [0, 0.1) is 17.2 Å². The molecule has 0 aromatic rings. The van der Waals surface area contributed by atoms with Gasteiger partial charge in [0.2, 0.25) is 0 Å². The molecule has 4 heteroatoms. The Labute approximate surface area is 97.0 Å². The van der Waals surface area contributed by atoms with Crippen LogP contribution < -0.4 is 5.32 Å². The maximum absolute atomic E-state index is 11.6. The molecule has 0 aromatic heterocycles. The van der Waals surface area contributed by atoms with Crippen LogP contribution in [0.3, 0.4) is 0 Å². The number of amides is 1. The predicted octanol–water partition coefficient (Wildman–Crippen LogP) is 2.59. The monoisotopic (exact) mass is 224 g/mol. The SMILES string of the molecule is CCC1CC1(CC#N)NC(=O)OC(C)(C)C. The number of nitrogens with one attached hydrogen (secondary N) is 1. The Kier molecular flexibility index (Phi) is 3.47. The molecule has 1 saturated carbocycles. The van der Waals surface area contributed by atoms with Gasteiger partial charge in [0.1, 0.15) is 5.60 Å². The molecular formula is C12H20N2O2. The highest BCUT2D eigenvalue weighted by Crippen LogP contribution is 2.48. The van der Waals surface area contributed by atoms with E-state index in [0.717, 1.165) is 12.8 Å². The second-order valence-electron chi connectivity index (χ2n) is 5.43. The molecule has 4 nitrogen and oxygen atoms in total. The van der Waals surface area contributed by atoms with E-state index in [9.17, 15) is 4.79 Å². The Morgan fingerprint density at radius 2 is 2.25 bits per heavy atom. The molecule has 16 heavy (non-hydrogen) atoms. The number of hydrogen-bond acceptors (Lipinski definition) is 3. The van der Waals surface area contributed by atoms with E-state index in [-0.39, 0.29) is 5.54 Å². The van der Waals surface area contributed by atoms with Crippen LogP contribution in [0.25, 0.3) is 0 Å². The second-order valence-corrected chi connectivity index (χ2v) is 5.43. The number of ether oxygens (including phenoxy) is 1. The zero-order chi connectivity index (χ0) is 12.4. The summed E-state index contributed by atoms with van der Waals surface area (Å²) in [5, 5.41) is 11.6. The van der Waals surface area contributed by atoms with Crippen LogP contribution in [0.15, 0.2) is 0 Å². The Morgan fingerprint density at radius 3 is 2.62 bits per heavy atom. The van der Waals surface area contributed by atoms with E-state index >= 15 is 0 Å². The molecule has 0 saturated heterocycles. The van der Waals surface area contributed by atoms with Gasteiger partial charge in [-0.05, 0) is 33.1 Å². The summed E-state index contributed by atoms with van der Waals surface area (Å²) >= 11 is 0. The summed E-state index contributed by atoms with van der Waals surface area (Å²) in [6.45, 7) is 7.55. The van der Waals surface area contributed by atoms with Crippen LogP contribution in [-0.4, -0.2) is 17.2 Å². The van der Waals surface area contributed by atoms with Gasteiger partial charge in [-0.25, -0.2) is 4.79 Å². The molecule has 1 N–H and O–H groups in total. The van der Waals surface area contributed by atoms with E-state index in [1.54, 1.807) is 0 Å². The topological polar surface area (TPSA) is 62.1 Å². The van der Waals surface area contributed by atoms with Crippen molar-refractivity contribution in [3.05, 3.63) is 0 Å². The summed E-state index contributed by atoms with van der Waals surface area (Å²) in [5.74, 6) is 0.416. The van der Waals surface area contributed by atoms with Crippen LogP contribution in [0.2, 0.25) is 0 Å². The van der Waals surface area contributed by atoms with Gasteiger partial charge in [0.05, 0.1) is 18.0 Å². The van der Waals surface area contributed by atoms with Gasteiger partial charge in [0.15, 0.2) is 0 Å². The third-order valence-electron chi connectivity index (χ3n) is 2.87. The van der Waals surface area contributed by atoms with Gasteiger partial charge >= 0.3 is 6.09 Å². The number of rotatable bonds is 3. The molecule has 1 rings (SSSR count). The first-order valence-corrected chi connectivity index (χ1v) is 5.71. The molecule has 2 unspecified atom stereocenters. The van der Waals surface area contributed by atoms with Gasteiger partial charge in [0, 0.05) is 0 Å². The van der Waals surface area contributed by atoms with E-state index in [2.05, 4.69) is 18.3 Å². The fraction of sp³-hybridized carbons (Fsp3) is 0.833. The molecule has 0 spiro atoms. The number of carbonyl (C=O) groups is 1. The molecule has 1 amide bonds. The molecule has 0 aliphatic heterocycles. The number of hydrogen-bond donors (Lipinski definition) is 1. The molecule has 90 valence electrons. The summed E-state index contributed by atoms with van der Waals surface area (Å²) in [4.78, 5) is 11.6. The minimum Gasteiger partial charge on any atom is -0.444 e. The molecule has 1 aliphatic rings. The van der Waals surface area contributed by atoms with Crippen molar-refractivity contribution in [1.29, 1.82) is 5.26 Å². The van der Waals surface area contributed by atoms with Crippen molar-refractivity contribution in [1.82, 2.24) is 5.32 Å². The summed E-state index contributed by atoms with van der Waals surface area (Å²) < 4.78 is 5.19. The molecule has 2 atom stereocenters. The maximum Gasteiger partial charge on any atom is 0.408 e. The lowest BCUT2D eigenvalue weighted by Gasteiger charge is -2.23. The van der Waals surface area contributed by atoms with E-state index in [1.807, 2.05) is 20.8 Å². The minimum atomic E-state index is -0.492. The van der Waals surface area contributed by atoms with Gasteiger partial charge in [0.25, 0.3) is 0 Å². The Morgan fingerprint density at radius 1 is 1.62 bits per heavy atom. The summed E-state index contributed by atoms with van der Waals surface area (Å²) in [7, 11) is 0. The van der Waals surface area contributed by atoms with E-state index < -0.39 is 11.7 Å². The first kappa shape index (κ1) is 12.8. The van der Waals surface area contributed by atoms with E-state index in [1.165, 1.54) is 0 Å². The number of nitriles is 1. The lowest BCUT2D eigenvalue weighted by atomic mass is 10.1. The van der Waals surface area contributed by atoms with Crippen molar-refractivity contribution >= 4 is 6.09 Å². The van der Waals surface area contributed by atoms with Gasteiger partial charge in [-0.2, -0.15) is 5.26 Å². The van der Waals surface area contributed by atoms with Gasteiger partial charge in [-0.15, -0.1) is 0 Å². The van der Waals surface area contributed by atoms with Gasteiger partial charge < -0.3 is 10.1 Å². The van der Waals surface area contributed by atoms with Crippen LogP contribution in [-0.2, 0) is 4.74 Å². The van der Waals surface area contributed by atoms with Gasteiger partial charge in [-0.3, -0.25) is 0 Å². The fourth-order valence-electron chi connectivity index (χ4n) is 1.98. The van der Waals surface area contributed by atoms with Crippen molar-refractivity contribution < 1.29 is 9.53 Å². The van der Waals surface area contributed by atoms with Crippen LogP contribution in [0.1, 0.15) is 47.0 Å². The Balaban J connectivity index is 2.53. The van der Waals surface area contributed by atoms with E-state index in [0.29, 0.717) is 12.3 Å². The zero-order valence-corrected chi connectivity index (χ0v) is 10.5. The number of alkyl carbamates (subject to hydrolysis) is 1. The molecule has 0 heterocycles. The lowest BCUT2D eigenvalue weighted by molar-refractivity contribution is 0.0492. The largest absolute Gasteiger partial charge is 0.444 e. The highest BCUT2D eigenvalue weighted by atomic mass is 16.6. The molecule has 1 aliphatic carbocycles. The fourth-order valence-corrected chi connectivity index (χ4v) is 1.98. The Hall–Kier alpha value is -1.24. The highest BCUT2D eigenvalue weighted by molar-refractivity contribution is 5.69. The van der Waals surface area contributed by atoms with Crippen molar-refractivity contribution in [2.24, 2.45) is 5.92 Å². The van der Waals surface area contributed by atoms with Crippen molar-refractivity contribution in [3.63, 3.8) is 0 Å². The van der Waals surface area contributed by atoms with Crippen molar-refractivity contribution in [2.75, 3.05) is 0 Å².